The summed E-state index contributed by atoms with van der Waals surface area (Å²) in [5.74, 6) is -0.212. The Morgan fingerprint density at radius 2 is 1.97 bits per heavy atom. The molecule has 1 fully saturated rings. The van der Waals surface area contributed by atoms with Crippen molar-refractivity contribution >= 4 is 46.3 Å². The zero-order chi connectivity index (χ0) is 21.7. The summed E-state index contributed by atoms with van der Waals surface area (Å²) in [4.78, 5) is 25.0. The van der Waals surface area contributed by atoms with Gasteiger partial charge in [-0.05, 0) is 36.3 Å². The van der Waals surface area contributed by atoms with Gasteiger partial charge in [0.1, 0.15) is 17.5 Å². The fourth-order valence-corrected chi connectivity index (χ4v) is 4.22. The molecule has 0 aromatic heterocycles. The molecule has 1 amide bonds. The van der Waals surface area contributed by atoms with E-state index in [1.54, 1.807) is 7.11 Å². The van der Waals surface area contributed by atoms with Crippen molar-refractivity contribution in [1.29, 1.82) is 0 Å². The molecule has 156 valence electrons. The first-order valence-electron chi connectivity index (χ1n) is 9.16. The highest BCUT2D eigenvalue weighted by Crippen LogP contribution is 2.34. The average molecular weight is 444 g/mol. The Kier molecular flexibility index (Phi) is 7.12. The van der Waals surface area contributed by atoms with Crippen molar-refractivity contribution in [3.8, 4) is 11.5 Å². The van der Waals surface area contributed by atoms with E-state index in [1.807, 2.05) is 55.5 Å². The standard InChI is InChI=1S/C22H21NO5S2/c1-14-3-5-15(6-4-14)13-28-18-8-7-16(10-19(18)27-2)9-17-11-20(24)23(12-21(25)26)22(29)30-17/h3-10H,11-13H2,1-2H3,(H,25,26)/b17-9-. The minimum absolute atomic E-state index is 0.103. The highest BCUT2D eigenvalue weighted by Gasteiger charge is 2.28. The molecule has 0 unspecified atom stereocenters. The molecule has 1 aliphatic heterocycles. The molecule has 0 aliphatic carbocycles. The van der Waals surface area contributed by atoms with Gasteiger partial charge in [0.2, 0.25) is 5.91 Å². The zero-order valence-electron chi connectivity index (χ0n) is 16.6. The number of thioether (sulfide) groups is 1. The van der Waals surface area contributed by atoms with Crippen LogP contribution in [-0.2, 0) is 16.2 Å². The lowest BCUT2D eigenvalue weighted by molar-refractivity contribution is -0.141. The third-order valence-corrected chi connectivity index (χ3v) is 5.78. The number of carboxylic acid groups (broad SMARTS) is 1. The molecule has 0 bridgehead atoms. The zero-order valence-corrected chi connectivity index (χ0v) is 18.2. The minimum atomic E-state index is -1.09. The molecule has 2 aromatic rings. The largest absolute Gasteiger partial charge is 0.493 e. The quantitative estimate of drug-likeness (QED) is 0.641. The topological polar surface area (TPSA) is 76.1 Å². The van der Waals surface area contributed by atoms with E-state index >= 15 is 0 Å². The van der Waals surface area contributed by atoms with Crippen molar-refractivity contribution in [2.45, 2.75) is 20.0 Å². The number of methoxy groups -OCH3 is 1. The molecule has 0 saturated carbocycles. The number of benzene rings is 2. The predicted octanol–water partition coefficient (Wildman–Crippen LogP) is 4.26. The molecule has 0 atom stereocenters. The monoisotopic (exact) mass is 443 g/mol. The molecule has 8 heteroatoms. The van der Waals surface area contributed by atoms with Crippen LogP contribution in [0.4, 0.5) is 0 Å². The summed E-state index contributed by atoms with van der Waals surface area (Å²) in [5, 5.41) is 8.91. The maximum atomic E-state index is 12.2. The van der Waals surface area contributed by atoms with Gasteiger partial charge in [0.05, 0.1) is 13.5 Å². The second kappa shape index (κ2) is 9.77. The number of hydrogen-bond donors (Lipinski definition) is 1. The van der Waals surface area contributed by atoms with Crippen molar-refractivity contribution in [3.05, 3.63) is 64.1 Å². The number of rotatable bonds is 7. The van der Waals surface area contributed by atoms with E-state index in [1.165, 1.54) is 17.3 Å². The van der Waals surface area contributed by atoms with Gasteiger partial charge in [-0.3, -0.25) is 14.5 Å². The number of carboxylic acids is 1. The highest BCUT2D eigenvalue weighted by atomic mass is 32.2. The van der Waals surface area contributed by atoms with Crippen LogP contribution < -0.4 is 9.47 Å². The normalized spacial score (nSPS) is 15.4. The van der Waals surface area contributed by atoms with E-state index in [9.17, 15) is 9.59 Å². The van der Waals surface area contributed by atoms with Crippen molar-refractivity contribution in [2.75, 3.05) is 13.7 Å². The summed E-state index contributed by atoms with van der Waals surface area (Å²) in [6.45, 7) is 2.04. The molecular formula is C22H21NO5S2. The van der Waals surface area contributed by atoms with Gasteiger partial charge >= 0.3 is 5.97 Å². The Bertz CT molecular complexity index is 981. The van der Waals surface area contributed by atoms with Crippen LogP contribution in [0.15, 0.2) is 47.4 Å². The number of carbonyl (C=O) groups excluding carboxylic acids is 1. The van der Waals surface area contributed by atoms with Gasteiger partial charge in [0.25, 0.3) is 0 Å². The lowest BCUT2D eigenvalue weighted by atomic mass is 10.1. The Morgan fingerprint density at radius 3 is 2.60 bits per heavy atom. The fraction of sp³-hybridized carbons (Fsp3) is 0.227. The lowest BCUT2D eigenvalue weighted by Gasteiger charge is -2.26. The van der Waals surface area contributed by atoms with Gasteiger partial charge in [-0.15, -0.1) is 0 Å². The number of nitrogens with zero attached hydrogens (tertiary/aromatic N) is 1. The van der Waals surface area contributed by atoms with Crippen LogP contribution in [-0.4, -0.2) is 39.9 Å². The van der Waals surface area contributed by atoms with Crippen molar-refractivity contribution < 1.29 is 24.2 Å². The molecule has 1 aliphatic rings. The molecule has 1 heterocycles. The first-order valence-corrected chi connectivity index (χ1v) is 10.4. The van der Waals surface area contributed by atoms with E-state index in [0.717, 1.165) is 20.9 Å². The summed E-state index contributed by atoms with van der Waals surface area (Å²) < 4.78 is 11.6. The van der Waals surface area contributed by atoms with Crippen LogP contribution in [0, 0.1) is 6.92 Å². The van der Waals surface area contributed by atoms with E-state index in [4.69, 9.17) is 26.8 Å². The van der Waals surface area contributed by atoms with Gasteiger partial charge in [-0.25, -0.2) is 0 Å². The highest BCUT2D eigenvalue weighted by molar-refractivity contribution is 8.25. The molecule has 1 N–H and O–H groups in total. The van der Waals surface area contributed by atoms with Gasteiger partial charge in [0, 0.05) is 4.91 Å². The Hall–Kier alpha value is -2.84. The van der Waals surface area contributed by atoms with E-state index < -0.39 is 12.5 Å². The number of aryl methyl sites for hydroxylation is 1. The van der Waals surface area contributed by atoms with Crippen LogP contribution in [0.1, 0.15) is 23.1 Å². The molecule has 0 radical (unpaired) electrons. The van der Waals surface area contributed by atoms with Gasteiger partial charge in [0.15, 0.2) is 11.5 Å². The summed E-state index contributed by atoms with van der Waals surface area (Å²) >= 11 is 6.42. The van der Waals surface area contributed by atoms with E-state index in [0.29, 0.717) is 18.1 Å². The number of carbonyl (C=O) groups is 2. The van der Waals surface area contributed by atoms with Crippen LogP contribution >= 0.6 is 24.0 Å². The lowest BCUT2D eigenvalue weighted by Crippen LogP contribution is -2.40. The van der Waals surface area contributed by atoms with Crippen LogP contribution in [0.2, 0.25) is 0 Å². The molecular weight excluding hydrogens is 422 g/mol. The van der Waals surface area contributed by atoms with Gasteiger partial charge < -0.3 is 14.6 Å². The summed E-state index contributed by atoms with van der Waals surface area (Å²) in [7, 11) is 1.57. The van der Waals surface area contributed by atoms with Crippen LogP contribution in [0.3, 0.4) is 0 Å². The van der Waals surface area contributed by atoms with Crippen molar-refractivity contribution in [1.82, 2.24) is 4.90 Å². The molecule has 0 spiro atoms. The van der Waals surface area contributed by atoms with E-state index in [2.05, 4.69) is 0 Å². The van der Waals surface area contributed by atoms with Gasteiger partial charge in [-0.2, -0.15) is 0 Å². The van der Waals surface area contributed by atoms with Crippen molar-refractivity contribution in [3.63, 3.8) is 0 Å². The second-order valence-corrected chi connectivity index (χ2v) is 8.47. The SMILES string of the molecule is COc1cc(/C=C2/CC(=O)N(CC(=O)O)C(=S)S2)ccc1OCc1ccc(C)cc1. The van der Waals surface area contributed by atoms with Gasteiger partial charge in [-0.1, -0.05) is 59.9 Å². The molecule has 30 heavy (non-hydrogen) atoms. The maximum Gasteiger partial charge on any atom is 0.323 e. The third-order valence-electron chi connectivity index (χ3n) is 4.39. The Balaban J connectivity index is 1.71. The van der Waals surface area contributed by atoms with Crippen LogP contribution in [0.25, 0.3) is 6.08 Å². The summed E-state index contributed by atoms with van der Waals surface area (Å²) in [6, 6.07) is 13.6. The number of thiocarbonyl (C=S) groups is 1. The second-order valence-electron chi connectivity index (χ2n) is 6.71. The third kappa shape index (κ3) is 5.61. The first-order chi connectivity index (χ1) is 14.4. The maximum absolute atomic E-state index is 12.2. The fourth-order valence-electron chi connectivity index (χ4n) is 2.84. The Morgan fingerprint density at radius 1 is 1.23 bits per heavy atom. The number of ether oxygens (including phenoxy) is 2. The number of aliphatic carboxylic acids is 1. The predicted molar refractivity (Wildman–Crippen MR) is 121 cm³/mol. The molecule has 3 rings (SSSR count). The molecule has 6 nitrogen and oxygen atoms in total. The summed E-state index contributed by atoms with van der Waals surface area (Å²) in [5.41, 5.74) is 3.09. The molecule has 2 aromatic carbocycles. The molecule has 1 saturated heterocycles. The van der Waals surface area contributed by atoms with Crippen LogP contribution in [0.5, 0.6) is 11.5 Å². The van der Waals surface area contributed by atoms with E-state index in [-0.39, 0.29) is 16.6 Å². The first kappa shape index (κ1) is 21.9. The smallest absolute Gasteiger partial charge is 0.323 e. The number of amides is 1. The van der Waals surface area contributed by atoms with Crippen molar-refractivity contribution in [2.24, 2.45) is 0 Å². The minimum Gasteiger partial charge on any atom is -0.493 e. The number of hydrogen-bond acceptors (Lipinski definition) is 6. The average Bonchev–Trinajstić information content (AvgIpc) is 2.70. The summed E-state index contributed by atoms with van der Waals surface area (Å²) in [6.07, 6.45) is 1.95. The Labute approximate surface area is 184 Å².